The number of fused-ring (bicyclic) bond motifs is 1. The number of nitrogens with zero attached hydrogens (tertiary/aromatic N) is 6. The Morgan fingerprint density at radius 3 is 2.30 bits per heavy atom. The van der Waals surface area contributed by atoms with Gasteiger partial charge in [-0.25, -0.2) is 19.7 Å². The van der Waals surface area contributed by atoms with Gasteiger partial charge in [0.15, 0.2) is 29.0 Å². The fourth-order valence-corrected chi connectivity index (χ4v) is 5.68. The maximum atomic E-state index is 13.0. The number of pyridine rings is 1. The van der Waals surface area contributed by atoms with Gasteiger partial charge in [0.05, 0.1) is 19.5 Å². The minimum Gasteiger partial charge on any atom is -0.394 e. The Hall–Kier alpha value is -4.95. The van der Waals surface area contributed by atoms with Crippen molar-refractivity contribution in [1.29, 1.82) is 0 Å². The number of aliphatic hydroxyl groups is 3. The number of nitrogens with one attached hydrogen (secondary N) is 2. The van der Waals surface area contributed by atoms with Gasteiger partial charge in [0.1, 0.15) is 18.3 Å². The number of aromatic nitrogens is 5. The minimum atomic E-state index is -1.33. The topological polar surface area (TPSA) is 171 Å². The van der Waals surface area contributed by atoms with E-state index in [9.17, 15) is 20.1 Å². The van der Waals surface area contributed by atoms with Crippen molar-refractivity contribution in [2.24, 2.45) is 0 Å². The van der Waals surface area contributed by atoms with Gasteiger partial charge in [-0.2, -0.15) is 0 Å². The summed E-state index contributed by atoms with van der Waals surface area (Å²) in [6.07, 6.45) is -0.839. The van der Waals surface area contributed by atoms with Crippen LogP contribution in [0.1, 0.15) is 34.8 Å². The molecule has 0 unspecified atom stereocenters. The third-order valence-electron chi connectivity index (χ3n) is 8.31. The molecule has 4 atom stereocenters. The number of anilines is 1. The average molecular weight is 639 g/mol. The van der Waals surface area contributed by atoms with Gasteiger partial charge < -0.3 is 35.6 Å². The summed E-state index contributed by atoms with van der Waals surface area (Å²) in [5, 5.41) is 37.2. The van der Waals surface area contributed by atoms with Crippen molar-refractivity contribution in [3.8, 4) is 0 Å². The van der Waals surface area contributed by atoms with Gasteiger partial charge in [-0.05, 0) is 23.3 Å². The molecule has 2 aromatic carbocycles. The summed E-state index contributed by atoms with van der Waals surface area (Å²) in [6, 6.07) is 25.7. The smallest absolute Gasteiger partial charge is 0.317 e. The molecule has 0 spiro atoms. The molecule has 2 amide bonds. The second-order valence-electron chi connectivity index (χ2n) is 11.4. The van der Waals surface area contributed by atoms with Gasteiger partial charge in [-0.1, -0.05) is 66.7 Å². The molecule has 1 aliphatic heterocycles. The third kappa shape index (κ3) is 7.23. The molecule has 4 heterocycles. The lowest BCUT2D eigenvalue weighted by Crippen LogP contribution is -2.38. The number of likely N-dealkylation sites (N-methyl/N-ethyl adjacent to an activating group) is 1. The van der Waals surface area contributed by atoms with E-state index in [0.717, 1.165) is 16.8 Å². The SMILES string of the molecule is CN(CCc1ccccn1)C(=O)NCc1nc(NCC(c2ccccc2)c2ccccc2)c2ncn([C@@H]3O[C@H](CO)[C@@H](O)[C@H]3O)c2n1. The van der Waals surface area contributed by atoms with Crippen LogP contribution in [0.25, 0.3) is 11.2 Å². The Morgan fingerprint density at radius 2 is 1.66 bits per heavy atom. The molecule has 0 aliphatic carbocycles. The summed E-state index contributed by atoms with van der Waals surface area (Å²) in [4.78, 5) is 32.9. The number of carbonyl (C=O) groups excluding carboxylic acids is 1. The summed E-state index contributed by atoms with van der Waals surface area (Å²) in [6.45, 7) is 0.491. The Balaban J connectivity index is 1.27. The summed E-state index contributed by atoms with van der Waals surface area (Å²) >= 11 is 0. The van der Waals surface area contributed by atoms with Crippen molar-refractivity contribution in [1.82, 2.24) is 34.7 Å². The van der Waals surface area contributed by atoms with E-state index in [-0.39, 0.29) is 18.5 Å². The first kappa shape index (κ1) is 32.0. The average Bonchev–Trinajstić information content (AvgIpc) is 3.67. The molecule has 0 saturated carbocycles. The maximum absolute atomic E-state index is 13.0. The largest absolute Gasteiger partial charge is 0.394 e. The summed E-state index contributed by atoms with van der Waals surface area (Å²) < 4.78 is 7.30. The monoisotopic (exact) mass is 638 g/mol. The van der Waals surface area contributed by atoms with Crippen molar-refractivity contribution in [3.63, 3.8) is 0 Å². The molecule has 13 nitrogen and oxygen atoms in total. The standard InChI is InChI=1S/C34H38N8O5/c1-41(17-15-24-14-8-9-16-35-24)34(46)37-19-27-39-31(36-18-25(22-10-4-2-5-11-22)23-12-6-3-7-13-23)28-32(40-27)42(21-38-28)33-30(45)29(44)26(20-43)47-33/h2-14,16,21,25-26,29-30,33,43-45H,15,17-20H2,1H3,(H,37,46)(H,36,39,40)/t26-,29-,30-,33-/m1/s1. The zero-order chi connectivity index (χ0) is 32.8. The number of benzene rings is 2. The Labute approximate surface area is 271 Å². The lowest BCUT2D eigenvalue weighted by Gasteiger charge is -2.20. The number of urea groups is 1. The molecule has 5 aromatic rings. The zero-order valence-corrected chi connectivity index (χ0v) is 25.9. The van der Waals surface area contributed by atoms with Crippen LogP contribution >= 0.6 is 0 Å². The van der Waals surface area contributed by atoms with Crippen LogP contribution in [0.2, 0.25) is 0 Å². The van der Waals surface area contributed by atoms with E-state index >= 15 is 0 Å². The highest BCUT2D eigenvalue weighted by Gasteiger charge is 2.44. The molecule has 3 aromatic heterocycles. The van der Waals surface area contributed by atoms with Crippen LogP contribution < -0.4 is 10.6 Å². The van der Waals surface area contributed by atoms with Crippen LogP contribution in [-0.4, -0.2) is 95.8 Å². The number of hydrogen-bond donors (Lipinski definition) is 5. The highest BCUT2D eigenvalue weighted by Crippen LogP contribution is 2.33. The van der Waals surface area contributed by atoms with Crippen molar-refractivity contribution >= 4 is 23.0 Å². The summed E-state index contributed by atoms with van der Waals surface area (Å²) in [5.41, 5.74) is 3.88. The molecule has 0 bridgehead atoms. The van der Waals surface area contributed by atoms with Gasteiger partial charge in [0.25, 0.3) is 0 Å². The summed E-state index contributed by atoms with van der Waals surface area (Å²) in [7, 11) is 1.71. The van der Waals surface area contributed by atoms with Gasteiger partial charge in [0.2, 0.25) is 0 Å². The van der Waals surface area contributed by atoms with Crippen molar-refractivity contribution in [2.75, 3.05) is 32.1 Å². The minimum absolute atomic E-state index is 0.0131. The number of ether oxygens (including phenoxy) is 1. The fourth-order valence-electron chi connectivity index (χ4n) is 5.68. The predicted octanol–water partition coefficient (Wildman–Crippen LogP) is 2.46. The van der Waals surface area contributed by atoms with Crippen molar-refractivity contribution in [3.05, 3.63) is 114 Å². The normalized spacial score (nSPS) is 19.3. The van der Waals surface area contributed by atoms with Crippen LogP contribution in [0.4, 0.5) is 10.6 Å². The molecule has 1 saturated heterocycles. The van der Waals surface area contributed by atoms with E-state index < -0.39 is 31.1 Å². The number of rotatable bonds is 12. The first-order chi connectivity index (χ1) is 22.9. The van der Waals surface area contributed by atoms with Gasteiger partial charge in [0, 0.05) is 44.4 Å². The number of amides is 2. The first-order valence-corrected chi connectivity index (χ1v) is 15.5. The van der Waals surface area contributed by atoms with Gasteiger partial charge in [-0.15, -0.1) is 0 Å². The van der Waals surface area contributed by atoms with Crippen LogP contribution in [-0.2, 0) is 17.7 Å². The number of carbonyl (C=O) groups is 1. The highest BCUT2D eigenvalue weighted by atomic mass is 16.6. The predicted molar refractivity (Wildman–Crippen MR) is 174 cm³/mol. The molecular weight excluding hydrogens is 600 g/mol. The third-order valence-corrected chi connectivity index (χ3v) is 8.31. The van der Waals surface area contributed by atoms with Crippen LogP contribution in [0, 0.1) is 0 Å². The molecule has 13 heteroatoms. The molecule has 6 rings (SSSR count). The molecule has 5 N–H and O–H groups in total. The van der Waals surface area contributed by atoms with Crippen LogP contribution in [0.5, 0.6) is 0 Å². The van der Waals surface area contributed by atoms with E-state index in [0.29, 0.717) is 42.3 Å². The maximum Gasteiger partial charge on any atom is 0.317 e. The van der Waals surface area contributed by atoms with Gasteiger partial charge in [-0.3, -0.25) is 9.55 Å². The summed E-state index contributed by atoms with van der Waals surface area (Å²) in [5.74, 6) is 0.724. The second kappa shape index (κ2) is 14.6. The molecule has 0 radical (unpaired) electrons. The van der Waals surface area contributed by atoms with Gasteiger partial charge >= 0.3 is 6.03 Å². The quantitative estimate of drug-likeness (QED) is 0.137. The Bertz CT molecular complexity index is 1720. The molecule has 47 heavy (non-hydrogen) atoms. The van der Waals surface area contributed by atoms with E-state index in [1.807, 2.05) is 54.6 Å². The fraction of sp³-hybridized carbons (Fsp3) is 0.324. The Kier molecular flexibility index (Phi) is 9.97. The second-order valence-corrected chi connectivity index (χ2v) is 11.4. The number of hydrogen-bond acceptors (Lipinski definition) is 10. The van der Waals surface area contributed by atoms with Crippen molar-refractivity contribution < 1.29 is 24.9 Å². The number of imidazole rings is 1. The van der Waals surface area contributed by atoms with E-state index in [4.69, 9.17) is 9.72 Å². The molecule has 244 valence electrons. The number of aliphatic hydroxyl groups excluding tert-OH is 3. The molecule has 1 aliphatic rings. The first-order valence-electron chi connectivity index (χ1n) is 15.5. The van der Waals surface area contributed by atoms with Crippen LogP contribution in [0.15, 0.2) is 91.4 Å². The van der Waals surface area contributed by atoms with Crippen molar-refractivity contribution in [2.45, 2.75) is 43.4 Å². The van der Waals surface area contributed by atoms with Crippen LogP contribution in [0.3, 0.4) is 0 Å². The molecular formula is C34H38N8O5. The lowest BCUT2D eigenvalue weighted by atomic mass is 9.91. The van der Waals surface area contributed by atoms with E-state index in [1.54, 1.807) is 18.1 Å². The zero-order valence-electron chi connectivity index (χ0n) is 25.9. The van der Waals surface area contributed by atoms with E-state index in [1.165, 1.54) is 10.9 Å². The highest BCUT2D eigenvalue weighted by molar-refractivity contribution is 5.83. The van der Waals surface area contributed by atoms with E-state index in [2.05, 4.69) is 49.9 Å². The lowest BCUT2D eigenvalue weighted by molar-refractivity contribution is -0.0511. The molecule has 1 fully saturated rings. The Morgan fingerprint density at radius 1 is 0.957 bits per heavy atom.